The summed E-state index contributed by atoms with van der Waals surface area (Å²) in [4.78, 5) is 18.5. The number of nitrogens with zero attached hydrogens (tertiary/aromatic N) is 2. The molecule has 28 heavy (non-hydrogen) atoms. The lowest BCUT2D eigenvalue weighted by molar-refractivity contribution is -0.0440. The van der Waals surface area contributed by atoms with E-state index < -0.39 is 28.2 Å². The summed E-state index contributed by atoms with van der Waals surface area (Å²) in [6.07, 6.45) is -3.11. The van der Waals surface area contributed by atoms with E-state index in [1.54, 1.807) is 0 Å². The second-order valence-electron chi connectivity index (χ2n) is 6.80. The number of rotatable bonds is 6. The van der Waals surface area contributed by atoms with Crippen LogP contribution in [-0.4, -0.2) is 66.2 Å². The molecular formula is C17H22F2N4O4S. The molecule has 1 saturated heterocycles. The molecule has 0 bridgehead atoms. The predicted octanol–water partition coefficient (Wildman–Crippen LogP) is 1.67. The number of nitrogens with one attached hydrogen (secondary N) is 2. The maximum atomic E-state index is 12.7. The van der Waals surface area contributed by atoms with Gasteiger partial charge in [-0.05, 0) is 32.0 Å². The highest BCUT2D eigenvalue weighted by Crippen LogP contribution is 2.20. The topological polar surface area (TPSA) is 104 Å². The summed E-state index contributed by atoms with van der Waals surface area (Å²) in [6.45, 7) is 4.12. The van der Waals surface area contributed by atoms with Crippen molar-refractivity contribution in [1.82, 2.24) is 19.6 Å². The zero-order chi connectivity index (χ0) is 20.5. The summed E-state index contributed by atoms with van der Waals surface area (Å²) < 4.78 is 57.3. The molecule has 0 saturated carbocycles. The SMILES string of the molecule is CC1CN(S(=O)(=O)CCNC(=O)c2ccc3nc(C(F)F)[nH]c3c2)CC(C)O1. The van der Waals surface area contributed by atoms with E-state index in [0.29, 0.717) is 11.0 Å². The Morgan fingerprint density at radius 1 is 1.36 bits per heavy atom. The third-order valence-electron chi connectivity index (χ3n) is 4.39. The number of ether oxygens (including phenoxy) is 1. The lowest BCUT2D eigenvalue weighted by atomic mass is 10.2. The number of carbonyl (C=O) groups excluding carboxylic acids is 1. The maximum absolute atomic E-state index is 12.7. The van der Waals surface area contributed by atoms with Crippen LogP contribution in [0.25, 0.3) is 11.0 Å². The lowest BCUT2D eigenvalue weighted by Gasteiger charge is -2.34. The van der Waals surface area contributed by atoms with Gasteiger partial charge in [0.1, 0.15) is 0 Å². The molecule has 0 radical (unpaired) electrons. The highest BCUT2D eigenvalue weighted by atomic mass is 32.2. The number of morpholine rings is 1. The summed E-state index contributed by atoms with van der Waals surface area (Å²) in [5.74, 6) is -1.19. The van der Waals surface area contributed by atoms with E-state index in [9.17, 15) is 22.0 Å². The van der Waals surface area contributed by atoms with Gasteiger partial charge in [0.25, 0.3) is 12.3 Å². The molecule has 1 amide bonds. The fraction of sp³-hybridized carbons (Fsp3) is 0.529. The minimum Gasteiger partial charge on any atom is -0.373 e. The molecule has 2 unspecified atom stereocenters. The van der Waals surface area contributed by atoms with Crippen molar-refractivity contribution in [3.63, 3.8) is 0 Å². The number of sulfonamides is 1. The number of alkyl halides is 2. The second-order valence-corrected chi connectivity index (χ2v) is 8.89. The fourth-order valence-electron chi connectivity index (χ4n) is 3.16. The summed E-state index contributed by atoms with van der Waals surface area (Å²) in [5, 5.41) is 2.55. The third kappa shape index (κ3) is 4.65. The molecular weight excluding hydrogens is 394 g/mol. The molecule has 0 spiro atoms. The average Bonchev–Trinajstić information content (AvgIpc) is 3.04. The Hall–Kier alpha value is -2.11. The number of fused-ring (bicyclic) bond motifs is 1. The first-order chi connectivity index (χ1) is 13.2. The van der Waals surface area contributed by atoms with Crippen molar-refractivity contribution in [2.45, 2.75) is 32.5 Å². The first-order valence-electron chi connectivity index (χ1n) is 8.85. The van der Waals surface area contributed by atoms with Crippen molar-refractivity contribution in [1.29, 1.82) is 0 Å². The number of H-pyrrole nitrogens is 1. The van der Waals surface area contributed by atoms with Gasteiger partial charge in [0.2, 0.25) is 10.0 Å². The minimum absolute atomic E-state index is 0.0649. The molecule has 1 fully saturated rings. The Balaban J connectivity index is 1.60. The van der Waals surface area contributed by atoms with E-state index in [0.717, 1.165) is 0 Å². The predicted molar refractivity (Wildman–Crippen MR) is 98.8 cm³/mol. The van der Waals surface area contributed by atoms with Crippen LogP contribution in [0.5, 0.6) is 0 Å². The molecule has 1 aliphatic rings. The Labute approximate surface area is 161 Å². The van der Waals surface area contributed by atoms with Gasteiger partial charge in [0.15, 0.2) is 5.82 Å². The molecule has 2 aromatic rings. The number of amides is 1. The number of hydrogen-bond donors (Lipinski definition) is 2. The van der Waals surface area contributed by atoms with Crippen molar-refractivity contribution in [2.24, 2.45) is 0 Å². The minimum atomic E-state index is -3.53. The molecule has 1 aliphatic heterocycles. The first kappa shape index (κ1) is 20.6. The average molecular weight is 416 g/mol. The quantitative estimate of drug-likeness (QED) is 0.746. The van der Waals surface area contributed by atoms with Crippen LogP contribution < -0.4 is 5.32 Å². The third-order valence-corrected chi connectivity index (χ3v) is 6.20. The van der Waals surface area contributed by atoms with Crippen molar-refractivity contribution in [3.8, 4) is 0 Å². The van der Waals surface area contributed by atoms with Crippen LogP contribution in [0.3, 0.4) is 0 Å². The number of aromatic nitrogens is 2. The molecule has 2 N–H and O–H groups in total. The summed E-state index contributed by atoms with van der Waals surface area (Å²) in [7, 11) is -3.53. The Bertz CT molecular complexity index is 953. The fourth-order valence-corrected chi connectivity index (χ4v) is 4.65. The Morgan fingerprint density at radius 3 is 2.68 bits per heavy atom. The Morgan fingerprint density at radius 2 is 2.04 bits per heavy atom. The summed E-state index contributed by atoms with van der Waals surface area (Å²) in [6, 6.07) is 4.32. The van der Waals surface area contributed by atoms with Crippen molar-refractivity contribution >= 4 is 27.0 Å². The van der Waals surface area contributed by atoms with Gasteiger partial charge in [-0.15, -0.1) is 0 Å². The molecule has 1 aromatic heterocycles. The van der Waals surface area contributed by atoms with Crippen LogP contribution in [-0.2, 0) is 14.8 Å². The van der Waals surface area contributed by atoms with Gasteiger partial charge < -0.3 is 15.0 Å². The second kappa shape index (κ2) is 8.10. The summed E-state index contributed by atoms with van der Waals surface area (Å²) >= 11 is 0. The van der Waals surface area contributed by atoms with Crippen LogP contribution >= 0.6 is 0 Å². The van der Waals surface area contributed by atoms with Crippen LogP contribution in [0, 0.1) is 0 Å². The van der Waals surface area contributed by atoms with Gasteiger partial charge in [-0.1, -0.05) is 0 Å². The number of benzene rings is 1. The molecule has 2 heterocycles. The van der Waals surface area contributed by atoms with Gasteiger partial charge in [-0.2, -0.15) is 4.31 Å². The highest BCUT2D eigenvalue weighted by Gasteiger charge is 2.30. The molecule has 154 valence electrons. The molecule has 1 aromatic carbocycles. The number of imidazole rings is 1. The number of carbonyl (C=O) groups is 1. The van der Waals surface area contributed by atoms with Gasteiger partial charge in [0.05, 0.1) is 29.0 Å². The maximum Gasteiger partial charge on any atom is 0.295 e. The normalized spacial score (nSPS) is 21.3. The van der Waals surface area contributed by atoms with E-state index in [1.807, 2.05) is 13.8 Å². The van der Waals surface area contributed by atoms with Gasteiger partial charge in [0, 0.05) is 25.2 Å². The zero-order valence-corrected chi connectivity index (χ0v) is 16.3. The van der Waals surface area contributed by atoms with E-state index in [-0.39, 0.29) is 43.2 Å². The van der Waals surface area contributed by atoms with Gasteiger partial charge in [-0.25, -0.2) is 22.2 Å². The molecule has 8 nitrogen and oxygen atoms in total. The van der Waals surface area contributed by atoms with E-state index in [2.05, 4.69) is 15.3 Å². The largest absolute Gasteiger partial charge is 0.373 e. The van der Waals surface area contributed by atoms with Crippen molar-refractivity contribution in [3.05, 3.63) is 29.6 Å². The van der Waals surface area contributed by atoms with Gasteiger partial charge >= 0.3 is 0 Å². The van der Waals surface area contributed by atoms with Crippen molar-refractivity contribution in [2.75, 3.05) is 25.4 Å². The first-order valence-corrected chi connectivity index (χ1v) is 10.5. The highest BCUT2D eigenvalue weighted by molar-refractivity contribution is 7.89. The molecule has 2 atom stereocenters. The van der Waals surface area contributed by atoms with Gasteiger partial charge in [-0.3, -0.25) is 4.79 Å². The number of halogens is 2. The van der Waals surface area contributed by atoms with E-state index in [4.69, 9.17) is 4.74 Å². The lowest BCUT2D eigenvalue weighted by Crippen LogP contribution is -2.49. The molecule has 0 aliphatic carbocycles. The summed E-state index contributed by atoms with van der Waals surface area (Å²) in [5.41, 5.74) is 0.861. The zero-order valence-electron chi connectivity index (χ0n) is 15.5. The van der Waals surface area contributed by atoms with E-state index >= 15 is 0 Å². The van der Waals surface area contributed by atoms with Crippen molar-refractivity contribution < 1.29 is 26.7 Å². The molecule has 11 heteroatoms. The number of aromatic amines is 1. The smallest absolute Gasteiger partial charge is 0.295 e. The molecule has 3 rings (SSSR count). The Kier molecular flexibility index (Phi) is 5.96. The van der Waals surface area contributed by atoms with Crippen LogP contribution in [0.1, 0.15) is 36.5 Å². The van der Waals surface area contributed by atoms with E-state index in [1.165, 1.54) is 22.5 Å². The van der Waals surface area contributed by atoms with Crippen LogP contribution in [0.2, 0.25) is 0 Å². The number of hydrogen-bond acceptors (Lipinski definition) is 5. The van der Waals surface area contributed by atoms with Crippen LogP contribution in [0.15, 0.2) is 18.2 Å². The van der Waals surface area contributed by atoms with Crippen LogP contribution in [0.4, 0.5) is 8.78 Å². The standard InChI is InChI=1S/C17H22F2N4O4S/c1-10-8-23(9-11(2)27-10)28(25,26)6-5-20-17(24)12-3-4-13-14(7-12)22-16(21-13)15(18)19/h3-4,7,10-11,15H,5-6,8-9H2,1-2H3,(H,20,24)(H,21,22). The monoisotopic (exact) mass is 416 g/mol.